The molecule has 1 unspecified atom stereocenters. The number of ether oxygens (including phenoxy) is 1. The van der Waals surface area contributed by atoms with E-state index in [0.717, 1.165) is 31.5 Å². The normalized spacial score (nSPS) is 18.6. The van der Waals surface area contributed by atoms with Gasteiger partial charge in [0.1, 0.15) is 6.04 Å². The minimum Gasteiger partial charge on any atom is -0.481 e. The molecule has 5 heteroatoms. The molecule has 0 amide bonds. The van der Waals surface area contributed by atoms with E-state index in [2.05, 4.69) is 4.98 Å². The summed E-state index contributed by atoms with van der Waals surface area (Å²) < 4.78 is 5.00. The van der Waals surface area contributed by atoms with Gasteiger partial charge in [-0.05, 0) is 37.6 Å². The summed E-state index contributed by atoms with van der Waals surface area (Å²) in [6.07, 6.45) is 6.09. The van der Waals surface area contributed by atoms with Crippen LogP contribution in [-0.2, 0) is 4.79 Å². The van der Waals surface area contributed by atoms with Gasteiger partial charge < -0.3 is 9.84 Å². The second-order valence-corrected chi connectivity index (χ2v) is 4.82. The van der Waals surface area contributed by atoms with Crippen LogP contribution < -0.4 is 4.74 Å². The number of carboxylic acid groups (broad SMARTS) is 1. The van der Waals surface area contributed by atoms with Crippen molar-refractivity contribution in [1.82, 2.24) is 9.88 Å². The average molecular weight is 264 g/mol. The van der Waals surface area contributed by atoms with E-state index < -0.39 is 12.0 Å². The summed E-state index contributed by atoms with van der Waals surface area (Å²) in [7, 11) is 1.55. The van der Waals surface area contributed by atoms with E-state index >= 15 is 0 Å². The number of carboxylic acids is 1. The highest BCUT2D eigenvalue weighted by Crippen LogP contribution is 2.25. The molecule has 104 valence electrons. The van der Waals surface area contributed by atoms with Gasteiger partial charge in [0.15, 0.2) is 0 Å². The van der Waals surface area contributed by atoms with Gasteiger partial charge in [0.05, 0.1) is 7.11 Å². The second kappa shape index (κ2) is 6.52. The zero-order valence-electron chi connectivity index (χ0n) is 11.2. The van der Waals surface area contributed by atoms with Gasteiger partial charge in [-0.1, -0.05) is 12.8 Å². The Bertz CT molecular complexity index is 411. The quantitative estimate of drug-likeness (QED) is 0.902. The Morgan fingerprint density at radius 1 is 1.32 bits per heavy atom. The smallest absolute Gasteiger partial charge is 0.325 e. The van der Waals surface area contributed by atoms with Gasteiger partial charge in [-0.2, -0.15) is 0 Å². The van der Waals surface area contributed by atoms with Crippen LogP contribution in [0.5, 0.6) is 5.88 Å². The first-order valence-corrected chi connectivity index (χ1v) is 6.69. The highest BCUT2D eigenvalue weighted by molar-refractivity contribution is 5.75. The molecule has 1 N–H and O–H groups in total. The zero-order chi connectivity index (χ0) is 13.7. The molecule has 19 heavy (non-hydrogen) atoms. The summed E-state index contributed by atoms with van der Waals surface area (Å²) in [4.78, 5) is 17.7. The third-order valence-corrected chi connectivity index (χ3v) is 3.52. The summed E-state index contributed by atoms with van der Waals surface area (Å²) in [5, 5.41) is 9.50. The number of nitrogens with zero attached hydrogens (tertiary/aromatic N) is 2. The van der Waals surface area contributed by atoms with Gasteiger partial charge in [0.25, 0.3) is 0 Å². The van der Waals surface area contributed by atoms with E-state index in [1.54, 1.807) is 25.4 Å². The third kappa shape index (κ3) is 3.44. The standard InChI is InChI=1S/C14H20N2O3/c1-19-12-7-6-11(10-15-12)13(14(17)18)16-8-4-2-3-5-9-16/h6-7,10,13H,2-5,8-9H2,1H3,(H,17,18). The van der Waals surface area contributed by atoms with Gasteiger partial charge in [-0.25, -0.2) is 4.98 Å². The average Bonchev–Trinajstić information content (AvgIpc) is 2.68. The van der Waals surface area contributed by atoms with Crippen molar-refractivity contribution in [2.45, 2.75) is 31.7 Å². The molecule has 0 aliphatic carbocycles. The van der Waals surface area contributed by atoms with Crippen LogP contribution in [-0.4, -0.2) is 41.2 Å². The fourth-order valence-corrected chi connectivity index (χ4v) is 2.54. The van der Waals surface area contributed by atoms with Crippen LogP contribution in [0.2, 0.25) is 0 Å². The maximum atomic E-state index is 11.6. The Hall–Kier alpha value is -1.62. The number of hydrogen-bond acceptors (Lipinski definition) is 4. The van der Waals surface area contributed by atoms with Crippen molar-refractivity contribution in [3.8, 4) is 5.88 Å². The molecule has 0 spiro atoms. The number of hydrogen-bond donors (Lipinski definition) is 1. The van der Waals surface area contributed by atoms with E-state index in [1.165, 1.54) is 12.8 Å². The lowest BCUT2D eigenvalue weighted by Crippen LogP contribution is -2.35. The number of carbonyl (C=O) groups is 1. The number of likely N-dealkylation sites (tertiary alicyclic amines) is 1. The topological polar surface area (TPSA) is 62.7 Å². The Morgan fingerprint density at radius 2 is 2.00 bits per heavy atom. The summed E-state index contributed by atoms with van der Waals surface area (Å²) >= 11 is 0. The van der Waals surface area contributed by atoms with Gasteiger partial charge in [-0.15, -0.1) is 0 Å². The molecular weight excluding hydrogens is 244 g/mol. The number of aromatic nitrogens is 1. The maximum Gasteiger partial charge on any atom is 0.325 e. The highest BCUT2D eigenvalue weighted by Gasteiger charge is 2.28. The number of methoxy groups -OCH3 is 1. The lowest BCUT2D eigenvalue weighted by Gasteiger charge is -2.27. The van der Waals surface area contributed by atoms with Gasteiger partial charge in [0, 0.05) is 12.3 Å². The lowest BCUT2D eigenvalue weighted by atomic mass is 10.1. The lowest BCUT2D eigenvalue weighted by molar-refractivity contribution is -0.143. The van der Waals surface area contributed by atoms with Crippen molar-refractivity contribution in [2.24, 2.45) is 0 Å². The van der Waals surface area contributed by atoms with E-state index in [-0.39, 0.29) is 0 Å². The van der Waals surface area contributed by atoms with Crippen molar-refractivity contribution in [1.29, 1.82) is 0 Å². The minimum absolute atomic E-state index is 0.503. The molecule has 1 aromatic heterocycles. The van der Waals surface area contributed by atoms with Crippen molar-refractivity contribution in [3.63, 3.8) is 0 Å². The first kappa shape index (κ1) is 13.8. The maximum absolute atomic E-state index is 11.6. The fourth-order valence-electron chi connectivity index (χ4n) is 2.54. The van der Waals surface area contributed by atoms with E-state index in [0.29, 0.717) is 5.88 Å². The fraction of sp³-hybridized carbons (Fsp3) is 0.571. The summed E-state index contributed by atoms with van der Waals surface area (Å²) in [5.41, 5.74) is 0.718. The monoisotopic (exact) mass is 264 g/mol. The Balaban J connectivity index is 2.20. The van der Waals surface area contributed by atoms with Crippen LogP contribution in [0.4, 0.5) is 0 Å². The first-order valence-electron chi connectivity index (χ1n) is 6.69. The number of aliphatic carboxylic acids is 1. The number of rotatable bonds is 4. The molecule has 0 bridgehead atoms. The molecule has 0 radical (unpaired) electrons. The van der Waals surface area contributed by atoms with Crippen molar-refractivity contribution in [2.75, 3.05) is 20.2 Å². The van der Waals surface area contributed by atoms with Crippen LogP contribution in [0, 0.1) is 0 Å². The zero-order valence-corrected chi connectivity index (χ0v) is 11.2. The van der Waals surface area contributed by atoms with Crippen molar-refractivity contribution in [3.05, 3.63) is 23.9 Å². The number of pyridine rings is 1. The molecule has 5 nitrogen and oxygen atoms in total. The highest BCUT2D eigenvalue weighted by atomic mass is 16.5. The van der Waals surface area contributed by atoms with E-state index in [9.17, 15) is 9.90 Å². The van der Waals surface area contributed by atoms with Crippen LogP contribution in [0.3, 0.4) is 0 Å². The Kier molecular flexibility index (Phi) is 4.74. The molecule has 1 saturated heterocycles. The first-order chi connectivity index (χ1) is 9.22. The Labute approximate surface area is 113 Å². The molecule has 2 heterocycles. The van der Waals surface area contributed by atoms with E-state index in [1.807, 2.05) is 4.90 Å². The molecule has 1 aliphatic rings. The SMILES string of the molecule is COc1ccc(C(C(=O)O)N2CCCCCC2)cn1. The molecule has 1 aromatic rings. The van der Waals surface area contributed by atoms with E-state index in [4.69, 9.17) is 4.74 Å². The van der Waals surface area contributed by atoms with Crippen LogP contribution in [0.25, 0.3) is 0 Å². The van der Waals surface area contributed by atoms with Gasteiger partial charge in [0.2, 0.25) is 5.88 Å². The summed E-state index contributed by atoms with van der Waals surface area (Å²) in [5.74, 6) is -0.308. The third-order valence-electron chi connectivity index (χ3n) is 3.52. The summed E-state index contributed by atoms with van der Waals surface area (Å²) in [6, 6.07) is 2.90. The second-order valence-electron chi connectivity index (χ2n) is 4.82. The molecule has 1 aliphatic heterocycles. The van der Waals surface area contributed by atoms with Crippen LogP contribution in [0.15, 0.2) is 18.3 Å². The molecular formula is C14H20N2O3. The van der Waals surface area contributed by atoms with Gasteiger partial charge >= 0.3 is 5.97 Å². The molecule has 0 aromatic carbocycles. The Morgan fingerprint density at radius 3 is 2.47 bits per heavy atom. The molecule has 0 saturated carbocycles. The van der Waals surface area contributed by atoms with Crippen molar-refractivity contribution >= 4 is 5.97 Å². The minimum atomic E-state index is -0.811. The molecule has 1 fully saturated rings. The van der Waals surface area contributed by atoms with Crippen molar-refractivity contribution < 1.29 is 14.6 Å². The molecule has 2 rings (SSSR count). The molecule has 1 atom stereocenters. The van der Waals surface area contributed by atoms with Crippen LogP contribution in [0.1, 0.15) is 37.3 Å². The largest absolute Gasteiger partial charge is 0.481 e. The van der Waals surface area contributed by atoms with Gasteiger partial charge in [-0.3, -0.25) is 9.69 Å². The predicted octanol–water partition coefficient (Wildman–Crippen LogP) is 2.09. The summed E-state index contributed by atoms with van der Waals surface area (Å²) in [6.45, 7) is 1.67. The van der Waals surface area contributed by atoms with Crippen LogP contribution >= 0.6 is 0 Å². The predicted molar refractivity (Wildman–Crippen MR) is 71.2 cm³/mol.